The first-order chi connectivity index (χ1) is 13.7. The maximum atomic E-state index is 12.2. The first-order valence-corrected chi connectivity index (χ1v) is 9.01. The second-order valence-electron chi connectivity index (χ2n) is 6.12. The van der Waals surface area contributed by atoms with E-state index in [9.17, 15) is 4.79 Å². The lowest BCUT2D eigenvalue weighted by molar-refractivity contribution is 0.0950. The van der Waals surface area contributed by atoms with Gasteiger partial charge in [0.15, 0.2) is 0 Å². The summed E-state index contributed by atoms with van der Waals surface area (Å²) in [6.45, 7) is 4.48. The van der Waals surface area contributed by atoms with E-state index in [0.717, 1.165) is 22.4 Å². The number of hydrogen-bond donors (Lipinski definition) is 2. The molecule has 28 heavy (non-hydrogen) atoms. The molecule has 0 aliphatic heterocycles. The van der Waals surface area contributed by atoms with Crippen molar-refractivity contribution < 1.29 is 9.53 Å². The molecule has 0 radical (unpaired) electrons. The highest BCUT2D eigenvalue weighted by Gasteiger charge is 2.10. The average Bonchev–Trinajstić information content (AvgIpc) is 3.20. The van der Waals surface area contributed by atoms with Crippen LogP contribution >= 0.6 is 0 Å². The number of allylic oxidation sites excluding steroid dienone is 1. The minimum Gasteiger partial charge on any atom is -0.494 e. The Balaban J connectivity index is 1.60. The van der Waals surface area contributed by atoms with Gasteiger partial charge in [-0.3, -0.25) is 9.89 Å². The molecule has 0 aliphatic carbocycles. The number of H-pyrrole nitrogens is 1. The zero-order chi connectivity index (χ0) is 19.8. The van der Waals surface area contributed by atoms with E-state index in [4.69, 9.17) is 4.74 Å². The second-order valence-corrected chi connectivity index (χ2v) is 6.12. The molecule has 6 nitrogen and oxygen atoms in total. The smallest absolute Gasteiger partial charge is 0.289 e. The van der Waals surface area contributed by atoms with Crippen LogP contribution < -0.4 is 10.2 Å². The summed E-state index contributed by atoms with van der Waals surface area (Å²) in [6.07, 6.45) is 3.59. The Morgan fingerprint density at radius 2 is 1.93 bits per heavy atom. The van der Waals surface area contributed by atoms with Gasteiger partial charge in [-0.1, -0.05) is 36.4 Å². The Labute approximate surface area is 163 Å². The number of hydrazone groups is 1. The van der Waals surface area contributed by atoms with Crippen molar-refractivity contribution in [2.75, 3.05) is 6.61 Å². The standard InChI is InChI=1S/C22H22N4O2/c1-3-28-19-11-9-18(10-12-19)20-14-21(25-24-20)22(27)26-23-15-16(2)13-17-7-5-4-6-8-17/h4-15H,3H2,1-2H3,(H,24,25)(H,26,27)/b16-13+,23-15-. The summed E-state index contributed by atoms with van der Waals surface area (Å²) < 4.78 is 5.43. The molecule has 0 saturated carbocycles. The molecule has 1 heterocycles. The predicted molar refractivity (Wildman–Crippen MR) is 111 cm³/mol. The van der Waals surface area contributed by atoms with Crippen LogP contribution in [0.25, 0.3) is 17.3 Å². The fraction of sp³-hybridized carbons (Fsp3) is 0.136. The van der Waals surface area contributed by atoms with Crippen molar-refractivity contribution in [2.45, 2.75) is 13.8 Å². The molecule has 0 saturated heterocycles. The zero-order valence-corrected chi connectivity index (χ0v) is 15.8. The van der Waals surface area contributed by atoms with Gasteiger partial charge in [0.25, 0.3) is 5.91 Å². The Morgan fingerprint density at radius 1 is 1.18 bits per heavy atom. The minimum atomic E-state index is -0.353. The largest absolute Gasteiger partial charge is 0.494 e. The number of ether oxygens (including phenoxy) is 1. The van der Waals surface area contributed by atoms with Crippen LogP contribution in [0.3, 0.4) is 0 Å². The molecule has 0 atom stereocenters. The van der Waals surface area contributed by atoms with E-state index >= 15 is 0 Å². The van der Waals surface area contributed by atoms with E-state index < -0.39 is 0 Å². The van der Waals surface area contributed by atoms with Crippen molar-refractivity contribution in [3.8, 4) is 17.0 Å². The lowest BCUT2D eigenvalue weighted by Crippen LogP contribution is -2.17. The van der Waals surface area contributed by atoms with E-state index in [1.807, 2.05) is 74.5 Å². The Hall–Kier alpha value is -3.67. The molecule has 0 bridgehead atoms. The van der Waals surface area contributed by atoms with E-state index in [1.165, 1.54) is 0 Å². The number of aromatic amines is 1. The fourth-order valence-electron chi connectivity index (χ4n) is 2.58. The number of rotatable bonds is 7. The van der Waals surface area contributed by atoms with Gasteiger partial charge in [-0.25, -0.2) is 5.43 Å². The monoisotopic (exact) mass is 374 g/mol. The number of aromatic nitrogens is 2. The molecule has 1 aromatic heterocycles. The summed E-state index contributed by atoms with van der Waals surface area (Å²) in [5.41, 5.74) is 6.41. The van der Waals surface area contributed by atoms with Crippen molar-refractivity contribution >= 4 is 18.2 Å². The highest BCUT2D eigenvalue weighted by Crippen LogP contribution is 2.21. The SMILES string of the molecule is CCOc1ccc(-c2cc(C(=O)N/N=C\C(C)=C\c3ccccc3)[nH]n2)cc1. The molecule has 0 fully saturated rings. The average molecular weight is 374 g/mol. The van der Waals surface area contributed by atoms with Gasteiger partial charge >= 0.3 is 0 Å². The predicted octanol–water partition coefficient (Wildman–Crippen LogP) is 4.29. The van der Waals surface area contributed by atoms with Crippen LogP contribution in [0.15, 0.2) is 71.3 Å². The van der Waals surface area contributed by atoms with Crippen LogP contribution in [0.5, 0.6) is 5.75 Å². The third-order valence-corrected chi connectivity index (χ3v) is 3.91. The van der Waals surface area contributed by atoms with Crippen molar-refractivity contribution in [1.29, 1.82) is 0 Å². The zero-order valence-electron chi connectivity index (χ0n) is 15.8. The van der Waals surface area contributed by atoms with Gasteiger partial charge in [0.05, 0.1) is 18.5 Å². The first-order valence-electron chi connectivity index (χ1n) is 9.01. The van der Waals surface area contributed by atoms with E-state index in [-0.39, 0.29) is 5.91 Å². The molecule has 0 aliphatic rings. The van der Waals surface area contributed by atoms with Crippen LogP contribution in [0.2, 0.25) is 0 Å². The second kappa shape index (κ2) is 9.32. The molecular weight excluding hydrogens is 352 g/mol. The van der Waals surface area contributed by atoms with Gasteiger partial charge in [0, 0.05) is 5.56 Å². The van der Waals surface area contributed by atoms with Gasteiger partial charge in [0.1, 0.15) is 11.4 Å². The quantitative estimate of drug-likeness (QED) is 0.478. The number of nitrogens with zero attached hydrogens (tertiary/aromatic N) is 2. The van der Waals surface area contributed by atoms with Gasteiger partial charge in [-0.15, -0.1) is 0 Å². The van der Waals surface area contributed by atoms with Crippen LogP contribution in [0.4, 0.5) is 0 Å². The van der Waals surface area contributed by atoms with Gasteiger partial charge < -0.3 is 4.74 Å². The lowest BCUT2D eigenvalue weighted by Gasteiger charge is -2.02. The summed E-state index contributed by atoms with van der Waals surface area (Å²) in [4.78, 5) is 12.2. The van der Waals surface area contributed by atoms with Gasteiger partial charge in [-0.05, 0) is 55.3 Å². The minimum absolute atomic E-state index is 0.339. The molecule has 3 aromatic rings. The van der Waals surface area contributed by atoms with Crippen LogP contribution in [0, 0.1) is 0 Å². The summed E-state index contributed by atoms with van der Waals surface area (Å²) in [7, 11) is 0. The molecule has 0 unspecified atom stereocenters. The van der Waals surface area contributed by atoms with Crippen molar-refractivity contribution in [3.05, 3.63) is 77.5 Å². The summed E-state index contributed by atoms with van der Waals surface area (Å²) in [5, 5.41) is 10.9. The number of benzene rings is 2. The molecular formula is C22H22N4O2. The van der Waals surface area contributed by atoms with E-state index in [0.29, 0.717) is 18.0 Å². The number of nitrogens with one attached hydrogen (secondary N) is 2. The highest BCUT2D eigenvalue weighted by atomic mass is 16.5. The molecule has 6 heteroatoms. The molecule has 2 aromatic carbocycles. The fourth-order valence-corrected chi connectivity index (χ4v) is 2.58. The molecule has 142 valence electrons. The van der Waals surface area contributed by atoms with Crippen LogP contribution in [0.1, 0.15) is 29.9 Å². The maximum absolute atomic E-state index is 12.2. The Kier molecular flexibility index (Phi) is 6.36. The summed E-state index contributed by atoms with van der Waals surface area (Å²) in [6, 6.07) is 19.2. The summed E-state index contributed by atoms with van der Waals surface area (Å²) in [5.74, 6) is 0.446. The Morgan fingerprint density at radius 3 is 2.64 bits per heavy atom. The topological polar surface area (TPSA) is 79.4 Å². The molecule has 2 N–H and O–H groups in total. The summed E-state index contributed by atoms with van der Waals surface area (Å²) >= 11 is 0. The normalized spacial score (nSPS) is 11.6. The third-order valence-electron chi connectivity index (χ3n) is 3.91. The first kappa shape index (κ1) is 19.1. The molecule has 1 amide bonds. The maximum Gasteiger partial charge on any atom is 0.289 e. The van der Waals surface area contributed by atoms with Crippen molar-refractivity contribution in [2.24, 2.45) is 5.10 Å². The Bertz CT molecular complexity index is 973. The van der Waals surface area contributed by atoms with Crippen molar-refractivity contribution in [1.82, 2.24) is 15.6 Å². The molecule has 0 spiro atoms. The highest BCUT2D eigenvalue weighted by molar-refractivity contribution is 5.94. The van der Waals surface area contributed by atoms with Gasteiger partial charge in [-0.2, -0.15) is 10.2 Å². The van der Waals surface area contributed by atoms with Crippen LogP contribution in [-0.2, 0) is 0 Å². The van der Waals surface area contributed by atoms with Gasteiger partial charge in [0.2, 0.25) is 0 Å². The van der Waals surface area contributed by atoms with E-state index in [2.05, 4.69) is 20.7 Å². The lowest BCUT2D eigenvalue weighted by atomic mass is 10.1. The number of carbonyl (C=O) groups excluding carboxylic acids is 1. The van der Waals surface area contributed by atoms with Crippen molar-refractivity contribution in [3.63, 3.8) is 0 Å². The third kappa shape index (κ3) is 5.17. The molecule has 3 rings (SSSR count). The number of carbonyl (C=O) groups is 1. The van der Waals surface area contributed by atoms with E-state index in [1.54, 1.807) is 12.3 Å². The van der Waals surface area contributed by atoms with Crippen LogP contribution in [-0.4, -0.2) is 28.9 Å². The number of hydrogen-bond acceptors (Lipinski definition) is 4. The number of amides is 1.